The van der Waals surface area contributed by atoms with Crippen LogP contribution < -0.4 is 5.32 Å². The number of sulfonamides is 1. The number of amides is 1. The number of carbonyl (C=O) groups is 1. The van der Waals surface area contributed by atoms with E-state index in [0.717, 1.165) is 5.56 Å². The fraction of sp³-hybridized carbons (Fsp3) is 0.300. The number of nitrogens with one attached hydrogen (secondary N) is 1. The molecule has 0 atom stereocenters. The molecule has 0 aromatic heterocycles. The topological polar surface area (TPSA) is 99.2 Å². The largest absolute Gasteiger partial charge is 0.355 e. The molecule has 0 radical (unpaired) electrons. The summed E-state index contributed by atoms with van der Waals surface area (Å²) in [5, 5.41) is 5.50. The lowest BCUT2D eigenvalue weighted by Gasteiger charge is -2.35. The number of thioether (sulfide) groups is 1. The first-order chi connectivity index (χ1) is 14.8. The molecule has 1 heterocycles. The van der Waals surface area contributed by atoms with Crippen molar-refractivity contribution < 1.29 is 13.2 Å². The maximum Gasteiger partial charge on any atom is 0.243 e. The van der Waals surface area contributed by atoms with Crippen molar-refractivity contribution in [3.05, 3.63) is 59.0 Å². The molecular formula is C20H22N4O4S3. The first-order valence-corrected chi connectivity index (χ1v) is 12.3. The number of anilines is 1. The molecule has 2 aromatic rings. The Morgan fingerprint density at radius 2 is 1.68 bits per heavy atom. The summed E-state index contributed by atoms with van der Waals surface area (Å²) in [5.74, 6) is 0.451. The molecule has 1 N–H and O–H groups in total. The van der Waals surface area contributed by atoms with Gasteiger partial charge in [-0.3, -0.25) is 4.79 Å². The number of hydrogen-bond donors (Lipinski definition) is 1. The highest BCUT2D eigenvalue weighted by atomic mass is 32.2. The van der Waals surface area contributed by atoms with E-state index in [9.17, 15) is 18.1 Å². The average Bonchev–Trinajstić information content (AvgIpc) is 2.78. The molecule has 1 saturated heterocycles. The van der Waals surface area contributed by atoms with Crippen molar-refractivity contribution in [1.29, 1.82) is 0 Å². The van der Waals surface area contributed by atoms with Gasteiger partial charge in [0.2, 0.25) is 15.9 Å². The van der Waals surface area contributed by atoms with Gasteiger partial charge in [0.25, 0.3) is 0 Å². The third-order valence-corrected chi connectivity index (χ3v) is 8.22. The quantitative estimate of drug-likeness (QED) is 0.500. The van der Waals surface area contributed by atoms with Gasteiger partial charge < -0.3 is 10.2 Å². The lowest BCUT2D eigenvalue weighted by Crippen LogP contribution is -2.49. The zero-order valence-electron chi connectivity index (χ0n) is 16.9. The molecule has 2 aromatic carbocycles. The Morgan fingerprint density at radius 1 is 1.06 bits per heavy atom. The summed E-state index contributed by atoms with van der Waals surface area (Å²) in [7, 11) is -3.61. The Balaban J connectivity index is 1.53. The van der Waals surface area contributed by atoms with Crippen LogP contribution in [0, 0.1) is 4.91 Å². The van der Waals surface area contributed by atoms with Crippen LogP contribution >= 0.6 is 24.0 Å². The molecule has 1 aliphatic heterocycles. The van der Waals surface area contributed by atoms with Crippen molar-refractivity contribution in [3.8, 4) is 0 Å². The Kier molecular flexibility index (Phi) is 7.76. The minimum absolute atomic E-state index is 0.195. The predicted molar refractivity (Wildman–Crippen MR) is 127 cm³/mol. The van der Waals surface area contributed by atoms with Crippen LogP contribution in [-0.4, -0.2) is 54.0 Å². The van der Waals surface area contributed by atoms with E-state index in [1.165, 1.54) is 35.1 Å². The van der Waals surface area contributed by atoms with Crippen LogP contribution in [0.4, 0.5) is 11.4 Å². The van der Waals surface area contributed by atoms with Crippen LogP contribution in [0.15, 0.2) is 58.6 Å². The van der Waals surface area contributed by atoms with Crippen molar-refractivity contribution in [2.24, 2.45) is 5.18 Å². The van der Waals surface area contributed by atoms with Crippen LogP contribution in [0.2, 0.25) is 0 Å². The minimum Gasteiger partial charge on any atom is -0.355 e. The Morgan fingerprint density at radius 3 is 2.23 bits per heavy atom. The Labute approximate surface area is 191 Å². The second kappa shape index (κ2) is 10.3. The van der Waals surface area contributed by atoms with Gasteiger partial charge in [-0.1, -0.05) is 36.1 Å². The number of hydrogen-bond acceptors (Lipinski definition) is 7. The maximum absolute atomic E-state index is 12.9. The second-order valence-corrected chi connectivity index (χ2v) is 10.5. The number of thiocarbonyl (C=S) groups is 1. The molecular weight excluding hydrogens is 456 g/mol. The molecule has 8 nitrogen and oxygen atoms in total. The molecule has 0 spiro atoms. The van der Waals surface area contributed by atoms with Crippen LogP contribution in [0.5, 0.6) is 0 Å². The fourth-order valence-corrected chi connectivity index (χ4v) is 5.69. The van der Waals surface area contributed by atoms with Gasteiger partial charge in [0, 0.05) is 44.5 Å². The summed E-state index contributed by atoms with van der Waals surface area (Å²) >= 11 is 7.02. The molecule has 11 heteroatoms. The number of rotatable bonds is 6. The number of carbonyl (C=O) groups excluding carboxylic acids is 1. The molecule has 0 saturated carbocycles. The summed E-state index contributed by atoms with van der Waals surface area (Å²) in [4.78, 5) is 23.8. The van der Waals surface area contributed by atoms with Gasteiger partial charge in [0.05, 0.1) is 4.90 Å². The highest BCUT2D eigenvalue weighted by Gasteiger charge is 2.29. The van der Waals surface area contributed by atoms with Crippen molar-refractivity contribution in [2.75, 3.05) is 31.5 Å². The van der Waals surface area contributed by atoms with Gasteiger partial charge in [-0.25, -0.2) is 8.42 Å². The SMILES string of the molecule is CC(=O)Nc1ccc(S(=O)(=O)N2CCN(C(=S)SCc3ccc(N=O)cc3)CC2)cc1. The van der Waals surface area contributed by atoms with Gasteiger partial charge in [0.15, 0.2) is 0 Å². The van der Waals surface area contributed by atoms with E-state index >= 15 is 0 Å². The molecule has 164 valence electrons. The first kappa shape index (κ1) is 23.3. The van der Waals surface area contributed by atoms with Gasteiger partial charge >= 0.3 is 0 Å². The number of benzene rings is 2. The molecule has 1 amide bonds. The van der Waals surface area contributed by atoms with Gasteiger partial charge in [0.1, 0.15) is 10.0 Å². The molecule has 31 heavy (non-hydrogen) atoms. The van der Waals surface area contributed by atoms with Crippen LogP contribution in [-0.2, 0) is 20.6 Å². The van der Waals surface area contributed by atoms with Gasteiger partial charge in [-0.15, -0.1) is 4.91 Å². The molecule has 0 unspecified atom stereocenters. The monoisotopic (exact) mass is 478 g/mol. The van der Waals surface area contributed by atoms with Crippen molar-refractivity contribution in [1.82, 2.24) is 9.21 Å². The zero-order chi connectivity index (χ0) is 22.4. The summed E-state index contributed by atoms with van der Waals surface area (Å²) in [5.41, 5.74) is 1.97. The van der Waals surface area contributed by atoms with E-state index in [-0.39, 0.29) is 10.8 Å². The smallest absolute Gasteiger partial charge is 0.243 e. The lowest BCUT2D eigenvalue weighted by molar-refractivity contribution is -0.114. The third kappa shape index (κ3) is 6.10. The third-order valence-electron chi connectivity index (χ3n) is 4.71. The van der Waals surface area contributed by atoms with Gasteiger partial charge in [-0.05, 0) is 47.1 Å². The number of nitrogens with zero attached hydrogens (tertiary/aromatic N) is 3. The van der Waals surface area contributed by atoms with Crippen molar-refractivity contribution >= 4 is 55.6 Å². The summed E-state index contributed by atoms with van der Waals surface area (Å²) < 4.78 is 28.0. The molecule has 1 aliphatic rings. The molecule has 1 fully saturated rings. The van der Waals surface area contributed by atoms with E-state index in [1.807, 2.05) is 17.0 Å². The van der Waals surface area contributed by atoms with E-state index in [2.05, 4.69) is 10.5 Å². The molecule has 0 aliphatic carbocycles. The standard InChI is InChI=1S/C20H22N4O4S3/c1-15(25)21-17-6-8-19(9-7-17)31(27,28)24-12-10-23(11-13-24)20(29)30-14-16-2-4-18(22-26)5-3-16/h2-9H,10-14H2,1H3,(H,21,25). The number of nitroso groups, excluding NO2 is 1. The van der Waals surface area contributed by atoms with E-state index in [4.69, 9.17) is 12.2 Å². The van der Waals surface area contributed by atoms with E-state index in [0.29, 0.717) is 47.6 Å². The zero-order valence-corrected chi connectivity index (χ0v) is 19.3. The Bertz CT molecular complexity index is 1050. The maximum atomic E-state index is 12.9. The number of piperazine rings is 1. The summed E-state index contributed by atoms with van der Waals surface area (Å²) in [6.45, 7) is 3.12. The highest BCUT2D eigenvalue weighted by Crippen LogP contribution is 2.23. The van der Waals surface area contributed by atoms with Crippen LogP contribution in [0.25, 0.3) is 0 Å². The van der Waals surface area contributed by atoms with E-state index < -0.39 is 10.0 Å². The molecule has 3 rings (SSSR count). The van der Waals surface area contributed by atoms with Crippen molar-refractivity contribution in [3.63, 3.8) is 0 Å². The molecule has 0 bridgehead atoms. The summed E-state index contributed by atoms with van der Waals surface area (Å²) in [6.07, 6.45) is 0. The second-order valence-electron chi connectivity index (χ2n) is 6.91. The fourth-order valence-electron chi connectivity index (χ4n) is 3.06. The van der Waals surface area contributed by atoms with Gasteiger partial charge in [-0.2, -0.15) is 4.31 Å². The van der Waals surface area contributed by atoms with Crippen molar-refractivity contribution in [2.45, 2.75) is 17.6 Å². The van der Waals surface area contributed by atoms with Crippen LogP contribution in [0.3, 0.4) is 0 Å². The van der Waals surface area contributed by atoms with Crippen LogP contribution in [0.1, 0.15) is 12.5 Å². The lowest BCUT2D eigenvalue weighted by atomic mass is 10.2. The summed E-state index contributed by atoms with van der Waals surface area (Å²) in [6, 6.07) is 13.2. The first-order valence-electron chi connectivity index (χ1n) is 9.51. The van der Waals surface area contributed by atoms with E-state index in [1.54, 1.807) is 24.3 Å². The Hall–Kier alpha value is -2.34. The normalized spacial score (nSPS) is 14.8. The minimum atomic E-state index is -3.61. The average molecular weight is 479 g/mol. The predicted octanol–water partition coefficient (Wildman–Crippen LogP) is 3.57. The highest BCUT2D eigenvalue weighted by molar-refractivity contribution is 8.22.